The molecular weight excluding hydrogens is 342 g/mol. The van der Waals surface area contributed by atoms with Gasteiger partial charge < -0.3 is 15.4 Å². The van der Waals surface area contributed by atoms with Crippen LogP contribution in [-0.2, 0) is 0 Å². The van der Waals surface area contributed by atoms with Crippen LogP contribution < -0.4 is 15.4 Å². The van der Waals surface area contributed by atoms with Crippen LogP contribution in [0.1, 0.15) is 31.4 Å². The minimum atomic E-state index is 0.346. The smallest absolute Gasteiger partial charge is 0.170 e. The second-order valence-corrected chi connectivity index (χ2v) is 6.87. The second kappa shape index (κ2) is 9.55. The Kier molecular flexibility index (Phi) is 6.86. The van der Waals surface area contributed by atoms with Gasteiger partial charge >= 0.3 is 0 Å². The molecule has 2 aromatic carbocycles. The van der Waals surface area contributed by atoms with Gasteiger partial charge in [-0.2, -0.15) is 0 Å². The van der Waals surface area contributed by atoms with Crippen molar-refractivity contribution in [1.29, 1.82) is 0 Å². The van der Waals surface area contributed by atoms with Gasteiger partial charge in [0.2, 0.25) is 0 Å². The lowest BCUT2D eigenvalue weighted by atomic mass is 10.1. The number of hydrogen-bond donors (Lipinski definition) is 2. The number of ether oxygens (including phenoxy) is 1. The zero-order valence-electron chi connectivity index (χ0n) is 15.3. The van der Waals surface area contributed by atoms with Crippen molar-refractivity contribution in [2.45, 2.75) is 25.8 Å². The minimum Gasteiger partial charge on any atom is -0.494 e. The molecule has 3 rings (SSSR count). The molecule has 2 aromatic rings. The summed E-state index contributed by atoms with van der Waals surface area (Å²) in [5.74, 6) is 0.870. The van der Waals surface area contributed by atoms with E-state index in [1.807, 2.05) is 31.2 Å². The molecule has 0 bridgehead atoms. The largest absolute Gasteiger partial charge is 0.494 e. The number of thiocarbonyl (C=S) groups is 1. The Hall–Kier alpha value is -2.11. The molecule has 0 radical (unpaired) electrons. The van der Waals surface area contributed by atoms with Crippen LogP contribution in [0.3, 0.4) is 0 Å². The van der Waals surface area contributed by atoms with Crippen LogP contribution in [0.25, 0.3) is 0 Å². The lowest BCUT2D eigenvalue weighted by Crippen LogP contribution is -2.38. The van der Waals surface area contributed by atoms with Crippen molar-refractivity contribution in [2.75, 3.05) is 31.6 Å². The summed E-state index contributed by atoms with van der Waals surface area (Å²) >= 11 is 5.49. The van der Waals surface area contributed by atoms with Crippen molar-refractivity contribution in [2.24, 2.45) is 0 Å². The minimum absolute atomic E-state index is 0.346. The third-order valence-electron chi connectivity index (χ3n) is 4.64. The topological polar surface area (TPSA) is 36.5 Å². The first-order valence-electron chi connectivity index (χ1n) is 9.33. The number of benzene rings is 2. The van der Waals surface area contributed by atoms with Crippen molar-refractivity contribution < 1.29 is 4.74 Å². The van der Waals surface area contributed by atoms with Gasteiger partial charge in [-0.3, -0.25) is 4.90 Å². The fraction of sp³-hybridized carbons (Fsp3) is 0.381. The summed E-state index contributed by atoms with van der Waals surface area (Å²) in [5, 5.41) is 7.30. The highest BCUT2D eigenvalue weighted by Gasteiger charge is 2.23. The fourth-order valence-corrected chi connectivity index (χ4v) is 3.55. The zero-order chi connectivity index (χ0) is 18.2. The highest BCUT2D eigenvalue weighted by molar-refractivity contribution is 7.80. The highest BCUT2D eigenvalue weighted by atomic mass is 32.1. The molecule has 5 heteroatoms. The maximum Gasteiger partial charge on any atom is 0.170 e. The van der Waals surface area contributed by atoms with E-state index >= 15 is 0 Å². The van der Waals surface area contributed by atoms with E-state index in [9.17, 15) is 0 Å². The SMILES string of the molecule is CCOc1ccc(NC(=S)NC[C@H](c2ccccc2)N2CCCC2)cc1. The Labute approximate surface area is 161 Å². The molecule has 4 nitrogen and oxygen atoms in total. The lowest BCUT2D eigenvalue weighted by molar-refractivity contribution is 0.246. The fourth-order valence-electron chi connectivity index (χ4n) is 3.35. The number of hydrogen-bond acceptors (Lipinski definition) is 3. The third kappa shape index (κ3) is 5.19. The van der Waals surface area contributed by atoms with Crippen LogP contribution in [0.5, 0.6) is 5.75 Å². The predicted molar refractivity (Wildman–Crippen MR) is 112 cm³/mol. The molecule has 1 aliphatic rings. The molecule has 1 atom stereocenters. The normalized spacial score (nSPS) is 15.4. The van der Waals surface area contributed by atoms with Gasteiger partial charge in [0.1, 0.15) is 5.75 Å². The van der Waals surface area contributed by atoms with E-state index in [4.69, 9.17) is 17.0 Å². The third-order valence-corrected chi connectivity index (χ3v) is 4.89. The summed E-state index contributed by atoms with van der Waals surface area (Å²) in [6, 6.07) is 18.9. The van der Waals surface area contributed by atoms with E-state index in [-0.39, 0.29) is 0 Å². The van der Waals surface area contributed by atoms with Gasteiger partial charge in [-0.25, -0.2) is 0 Å². The quantitative estimate of drug-likeness (QED) is 0.715. The van der Waals surface area contributed by atoms with E-state index in [2.05, 4.69) is 45.9 Å². The highest BCUT2D eigenvalue weighted by Crippen LogP contribution is 2.24. The second-order valence-electron chi connectivity index (χ2n) is 6.46. The van der Waals surface area contributed by atoms with Gasteiger partial charge in [0, 0.05) is 12.2 Å². The summed E-state index contributed by atoms with van der Waals surface area (Å²) in [5.41, 5.74) is 2.30. The predicted octanol–water partition coefficient (Wildman–Crippen LogP) is 4.21. The van der Waals surface area contributed by atoms with Crippen molar-refractivity contribution in [1.82, 2.24) is 10.2 Å². The van der Waals surface area contributed by atoms with Crippen molar-refractivity contribution in [3.05, 3.63) is 60.2 Å². The van der Waals surface area contributed by atoms with Crippen LogP contribution in [0, 0.1) is 0 Å². The molecular formula is C21H27N3OS. The standard InChI is InChI=1S/C21H27N3OS/c1-2-25-19-12-10-18(11-13-19)23-21(26)22-16-20(24-14-6-7-15-24)17-8-4-3-5-9-17/h3-5,8-13,20H,2,6-7,14-16H2,1H3,(H2,22,23,26)/t20-/m1/s1. The molecule has 0 amide bonds. The zero-order valence-corrected chi connectivity index (χ0v) is 16.1. The van der Waals surface area contributed by atoms with Crippen molar-refractivity contribution >= 4 is 23.0 Å². The number of likely N-dealkylation sites (tertiary alicyclic amines) is 1. The van der Waals surface area contributed by atoms with E-state index in [1.165, 1.54) is 18.4 Å². The lowest BCUT2D eigenvalue weighted by Gasteiger charge is -2.28. The molecule has 0 unspecified atom stereocenters. The van der Waals surface area contributed by atoms with Crippen LogP contribution in [-0.4, -0.2) is 36.3 Å². The van der Waals surface area contributed by atoms with Gasteiger partial charge in [-0.05, 0) is 74.9 Å². The summed E-state index contributed by atoms with van der Waals surface area (Å²) in [6.45, 7) is 5.76. The van der Waals surface area contributed by atoms with Gasteiger partial charge in [0.15, 0.2) is 5.11 Å². The average Bonchev–Trinajstić information content (AvgIpc) is 3.19. The van der Waals surface area contributed by atoms with E-state index in [1.54, 1.807) is 0 Å². The molecule has 138 valence electrons. The number of rotatable bonds is 7. The van der Waals surface area contributed by atoms with Gasteiger partial charge in [-0.1, -0.05) is 30.3 Å². The molecule has 0 spiro atoms. The van der Waals surface area contributed by atoms with E-state index in [0.717, 1.165) is 31.1 Å². The molecule has 0 saturated carbocycles. The van der Waals surface area contributed by atoms with Crippen LogP contribution in [0.15, 0.2) is 54.6 Å². The van der Waals surface area contributed by atoms with Crippen molar-refractivity contribution in [3.63, 3.8) is 0 Å². The Bertz CT molecular complexity index is 684. The first kappa shape index (κ1) is 18.7. The van der Waals surface area contributed by atoms with E-state index < -0.39 is 0 Å². The maximum absolute atomic E-state index is 5.49. The van der Waals surface area contributed by atoms with Crippen LogP contribution in [0.4, 0.5) is 5.69 Å². The van der Waals surface area contributed by atoms with Gasteiger partial charge in [-0.15, -0.1) is 0 Å². The molecule has 1 saturated heterocycles. The van der Waals surface area contributed by atoms with Gasteiger partial charge in [0.25, 0.3) is 0 Å². The first-order valence-corrected chi connectivity index (χ1v) is 9.74. The summed E-state index contributed by atoms with van der Waals surface area (Å²) in [7, 11) is 0. The molecule has 1 fully saturated rings. The van der Waals surface area contributed by atoms with Crippen molar-refractivity contribution in [3.8, 4) is 5.75 Å². The van der Waals surface area contributed by atoms with E-state index in [0.29, 0.717) is 17.8 Å². The Morgan fingerprint density at radius 1 is 1.08 bits per heavy atom. The molecule has 0 aromatic heterocycles. The van der Waals surface area contributed by atoms with Gasteiger partial charge in [0.05, 0.1) is 12.6 Å². The Morgan fingerprint density at radius 2 is 1.77 bits per heavy atom. The molecule has 2 N–H and O–H groups in total. The number of anilines is 1. The number of nitrogens with zero attached hydrogens (tertiary/aromatic N) is 1. The maximum atomic E-state index is 5.49. The average molecular weight is 370 g/mol. The summed E-state index contributed by atoms with van der Waals surface area (Å²) in [6.07, 6.45) is 2.55. The summed E-state index contributed by atoms with van der Waals surface area (Å²) < 4.78 is 5.47. The van der Waals surface area contributed by atoms with Crippen LogP contribution in [0.2, 0.25) is 0 Å². The molecule has 1 aliphatic heterocycles. The summed E-state index contributed by atoms with van der Waals surface area (Å²) in [4.78, 5) is 2.54. The molecule has 26 heavy (non-hydrogen) atoms. The Balaban J connectivity index is 1.57. The monoisotopic (exact) mass is 369 g/mol. The molecule has 1 heterocycles. The molecule has 0 aliphatic carbocycles. The Morgan fingerprint density at radius 3 is 2.42 bits per heavy atom. The number of nitrogens with one attached hydrogen (secondary N) is 2. The van der Waals surface area contributed by atoms with Crippen LogP contribution >= 0.6 is 12.2 Å². The first-order chi connectivity index (χ1) is 12.8.